The van der Waals surface area contributed by atoms with Gasteiger partial charge in [-0.25, -0.2) is 4.39 Å². The SMILES string of the molecule is CC.CC(/C=C(/NCC(F)C(C)CCCCCCN)C(C)C)CCCCCCNC(C)C. The van der Waals surface area contributed by atoms with E-state index in [-0.39, 0.29) is 5.92 Å². The fourth-order valence-electron chi connectivity index (χ4n) is 3.74. The molecule has 3 atom stereocenters. The average molecular weight is 458 g/mol. The predicted octanol–water partition coefficient (Wildman–Crippen LogP) is 7.61. The second-order valence-electron chi connectivity index (χ2n) is 9.93. The van der Waals surface area contributed by atoms with Crippen LogP contribution in [0.3, 0.4) is 0 Å². The third-order valence-corrected chi connectivity index (χ3v) is 5.96. The molecule has 0 radical (unpaired) electrons. The van der Waals surface area contributed by atoms with E-state index in [9.17, 15) is 4.39 Å². The predicted molar refractivity (Wildman–Crippen MR) is 144 cm³/mol. The summed E-state index contributed by atoms with van der Waals surface area (Å²) in [4.78, 5) is 0. The summed E-state index contributed by atoms with van der Waals surface area (Å²) in [7, 11) is 0. The number of hydrogen-bond donors (Lipinski definition) is 3. The number of alkyl halides is 1. The molecular weight excluding hydrogens is 397 g/mol. The van der Waals surface area contributed by atoms with Crippen LogP contribution in [0.2, 0.25) is 0 Å². The van der Waals surface area contributed by atoms with Crippen LogP contribution in [0, 0.1) is 17.8 Å². The third-order valence-electron chi connectivity index (χ3n) is 5.96. The van der Waals surface area contributed by atoms with Gasteiger partial charge in [0.15, 0.2) is 0 Å². The first-order chi connectivity index (χ1) is 15.3. The van der Waals surface area contributed by atoms with Crippen molar-refractivity contribution in [1.29, 1.82) is 0 Å². The first kappa shape index (κ1) is 33.6. The number of halogens is 1. The molecule has 0 saturated carbocycles. The highest BCUT2D eigenvalue weighted by molar-refractivity contribution is 5.05. The van der Waals surface area contributed by atoms with Crippen molar-refractivity contribution in [3.05, 3.63) is 11.8 Å². The Bertz CT molecular complexity index is 409. The van der Waals surface area contributed by atoms with E-state index in [4.69, 9.17) is 5.73 Å². The molecule has 4 N–H and O–H groups in total. The van der Waals surface area contributed by atoms with E-state index in [2.05, 4.69) is 51.3 Å². The summed E-state index contributed by atoms with van der Waals surface area (Å²) in [6.07, 6.45) is 13.4. The zero-order valence-corrected chi connectivity index (χ0v) is 23.1. The molecule has 3 nitrogen and oxygen atoms in total. The Labute approximate surface area is 202 Å². The monoisotopic (exact) mass is 457 g/mol. The van der Waals surface area contributed by atoms with E-state index in [1.165, 1.54) is 50.6 Å². The van der Waals surface area contributed by atoms with Gasteiger partial charge in [0.2, 0.25) is 0 Å². The lowest BCUT2D eigenvalue weighted by Crippen LogP contribution is -2.30. The Morgan fingerprint density at radius 1 is 0.812 bits per heavy atom. The highest BCUT2D eigenvalue weighted by Gasteiger charge is 2.17. The third kappa shape index (κ3) is 21.2. The summed E-state index contributed by atoms with van der Waals surface area (Å²) >= 11 is 0. The van der Waals surface area contributed by atoms with Gasteiger partial charge in [0, 0.05) is 18.3 Å². The van der Waals surface area contributed by atoms with Crippen molar-refractivity contribution >= 4 is 0 Å². The van der Waals surface area contributed by atoms with Crippen molar-refractivity contribution in [2.24, 2.45) is 23.5 Å². The zero-order valence-electron chi connectivity index (χ0n) is 23.1. The van der Waals surface area contributed by atoms with Crippen LogP contribution in [-0.4, -0.2) is 31.8 Å². The minimum atomic E-state index is -0.781. The van der Waals surface area contributed by atoms with E-state index in [0.29, 0.717) is 24.4 Å². The quantitative estimate of drug-likeness (QED) is 0.165. The first-order valence-corrected chi connectivity index (χ1v) is 13.8. The van der Waals surface area contributed by atoms with Gasteiger partial charge in [-0.1, -0.05) is 100.0 Å². The topological polar surface area (TPSA) is 50.1 Å². The number of rotatable bonds is 20. The van der Waals surface area contributed by atoms with Gasteiger partial charge in [0.25, 0.3) is 0 Å². The van der Waals surface area contributed by atoms with E-state index >= 15 is 0 Å². The van der Waals surface area contributed by atoms with Gasteiger partial charge in [0.05, 0.1) is 0 Å². The Morgan fingerprint density at radius 3 is 1.94 bits per heavy atom. The van der Waals surface area contributed by atoms with E-state index in [0.717, 1.165) is 32.4 Å². The molecule has 0 aliphatic carbocycles. The van der Waals surface area contributed by atoms with Crippen molar-refractivity contribution in [1.82, 2.24) is 10.6 Å². The molecule has 0 aromatic carbocycles. The summed E-state index contributed by atoms with van der Waals surface area (Å²) in [5.74, 6) is 1.07. The van der Waals surface area contributed by atoms with Crippen molar-refractivity contribution in [2.45, 2.75) is 132 Å². The first-order valence-electron chi connectivity index (χ1n) is 13.8. The van der Waals surface area contributed by atoms with Crippen LogP contribution in [-0.2, 0) is 0 Å². The maximum absolute atomic E-state index is 14.6. The molecule has 0 amide bonds. The molecule has 0 heterocycles. The van der Waals surface area contributed by atoms with Crippen molar-refractivity contribution in [3.63, 3.8) is 0 Å². The number of unbranched alkanes of at least 4 members (excludes halogenated alkanes) is 6. The minimum Gasteiger partial charge on any atom is -0.385 e. The summed E-state index contributed by atoms with van der Waals surface area (Å²) in [6, 6.07) is 0.588. The van der Waals surface area contributed by atoms with Gasteiger partial charge in [-0.15, -0.1) is 0 Å². The van der Waals surface area contributed by atoms with Gasteiger partial charge >= 0.3 is 0 Å². The lowest BCUT2D eigenvalue weighted by atomic mass is 9.96. The molecule has 0 fully saturated rings. The molecule has 0 saturated heterocycles. The Kier molecular flexibility index (Phi) is 24.7. The van der Waals surface area contributed by atoms with Crippen LogP contribution in [0.5, 0.6) is 0 Å². The van der Waals surface area contributed by atoms with Crippen molar-refractivity contribution < 1.29 is 4.39 Å². The molecule has 32 heavy (non-hydrogen) atoms. The van der Waals surface area contributed by atoms with Crippen molar-refractivity contribution in [2.75, 3.05) is 19.6 Å². The molecule has 0 aliphatic heterocycles. The zero-order chi connectivity index (χ0) is 24.8. The van der Waals surface area contributed by atoms with Crippen LogP contribution in [0.4, 0.5) is 4.39 Å². The average Bonchev–Trinajstić information content (AvgIpc) is 2.76. The summed E-state index contributed by atoms with van der Waals surface area (Å²) < 4.78 is 14.6. The fourth-order valence-corrected chi connectivity index (χ4v) is 3.74. The maximum atomic E-state index is 14.6. The Balaban J connectivity index is 0. The molecule has 0 rings (SSSR count). The van der Waals surface area contributed by atoms with Gasteiger partial charge in [-0.05, 0) is 56.5 Å². The number of nitrogens with one attached hydrogen (secondary N) is 2. The lowest BCUT2D eigenvalue weighted by Gasteiger charge is -2.22. The summed E-state index contributed by atoms with van der Waals surface area (Å²) in [6.45, 7) is 19.5. The lowest BCUT2D eigenvalue weighted by molar-refractivity contribution is 0.223. The normalized spacial score (nSPS) is 14.8. The van der Waals surface area contributed by atoms with Crippen LogP contribution in [0.25, 0.3) is 0 Å². The van der Waals surface area contributed by atoms with Crippen LogP contribution >= 0.6 is 0 Å². The smallest absolute Gasteiger partial charge is 0.120 e. The second kappa shape index (κ2) is 23.5. The van der Waals surface area contributed by atoms with Gasteiger partial charge < -0.3 is 16.4 Å². The highest BCUT2D eigenvalue weighted by atomic mass is 19.1. The molecule has 4 heteroatoms. The molecule has 0 spiro atoms. The van der Waals surface area contributed by atoms with E-state index in [1.54, 1.807) is 0 Å². The van der Waals surface area contributed by atoms with Gasteiger partial charge in [-0.2, -0.15) is 0 Å². The van der Waals surface area contributed by atoms with E-state index in [1.807, 2.05) is 20.8 Å². The highest BCUT2D eigenvalue weighted by Crippen LogP contribution is 2.19. The molecule has 0 bridgehead atoms. The fraction of sp³-hybridized carbons (Fsp3) is 0.929. The maximum Gasteiger partial charge on any atom is 0.120 e. The van der Waals surface area contributed by atoms with Crippen LogP contribution in [0.15, 0.2) is 11.8 Å². The molecule has 0 aromatic heterocycles. The number of hydrogen-bond acceptors (Lipinski definition) is 3. The molecule has 0 aliphatic rings. The van der Waals surface area contributed by atoms with Crippen LogP contribution in [0.1, 0.15) is 120 Å². The van der Waals surface area contributed by atoms with Crippen LogP contribution < -0.4 is 16.4 Å². The summed E-state index contributed by atoms with van der Waals surface area (Å²) in [5, 5.41) is 6.91. The molecule has 3 unspecified atom stereocenters. The van der Waals surface area contributed by atoms with Gasteiger partial charge in [0.1, 0.15) is 6.17 Å². The minimum absolute atomic E-state index is 0.117. The van der Waals surface area contributed by atoms with Crippen molar-refractivity contribution in [3.8, 4) is 0 Å². The van der Waals surface area contributed by atoms with E-state index < -0.39 is 6.17 Å². The molecular formula is C28H60FN3. The Morgan fingerprint density at radius 2 is 1.38 bits per heavy atom. The Hall–Kier alpha value is -0.610. The molecule has 194 valence electrons. The number of allylic oxidation sites excluding steroid dienone is 2. The molecule has 0 aromatic rings. The number of nitrogens with two attached hydrogens (primary N) is 1. The second-order valence-corrected chi connectivity index (χ2v) is 9.93. The largest absolute Gasteiger partial charge is 0.385 e. The van der Waals surface area contributed by atoms with Gasteiger partial charge in [-0.3, -0.25) is 0 Å². The standard InChI is InChI=1S/C26H54FN3.C2H6/c1-21(2)26(19-23(5)15-11-8-10-14-18-29-22(3)4)30-20-25(27)24(6)16-12-7-9-13-17-28;1-2/h19,21-25,29-30H,7-18,20,28H2,1-6H3;1-2H3/b26-19+;. The summed E-state index contributed by atoms with van der Waals surface area (Å²) in [5.41, 5.74) is 6.74.